The maximum Gasteiger partial charge on any atom is 0.410 e. The smallest absolute Gasteiger partial charge is 0.410 e. The zero-order valence-electron chi connectivity index (χ0n) is 23.4. The number of amides is 2. The summed E-state index contributed by atoms with van der Waals surface area (Å²) in [5.41, 5.74) is 1.11. The number of ether oxygens (including phenoxy) is 3. The predicted octanol–water partition coefficient (Wildman–Crippen LogP) is 5.81. The lowest BCUT2D eigenvalue weighted by atomic mass is 9.97. The van der Waals surface area contributed by atoms with Gasteiger partial charge in [0.15, 0.2) is 0 Å². The molecule has 1 atom stereocenters. The quantitative estimate of drug-likeness (QED) is 0.366. The van der Waals surface area contributed by atoms with Gasteiger partial charge in [0.05, 0.1) is 18.2 Å². The summed E-state index contributed by atoms with van der Waals surface area (Å²) in [6, 6.07) is 10.3. The number of methoxy groups -OCH3 is 1. The first-order valence-corrected chi connectivity index (χ1v) is 13.5. The summed E-state index contributed by atoms with van der Waals surface area (Å²) < 4.78 is 16.9. The van der Waals surface area contributed by atoms with E-state index in [1.165, 1.54) is 7.11 Å². The fraction of sp³-hybridized carbons (Fsp3) is 0.400. The van der Waals surface area contributed by atoms with Crippen molar-refractivity contribution in [3.05, 3.63) is 58.7 Å². The summed E-state index contributed by atoms with van der Waals surface area (Å²) in [5, 5.41) is 3.66. The second kappa shape index (κ2) is 12.1. The van der Waals surface area contributed by atoms with E-state index < -0.39 is 5.60 Å². The highest BCUT2D eigenvalue weighted by molar-refractivity contribution is 6.31. The van der Waals surface area contributed by atoms with Gasteiger partial charge in [0, 0.05) is 55.7 Å². The van der Waals surface area contributed by atoms with Gasteiger partial charge in [-0.05, 0) is 62.9 Å². The van der Waals surface area contributed by atoms with Crippen LogP contribution in [0.4, 0.5) is 4.79 Å². The number of halogens is 1. The molecule has 2 heterocycles. The van der Waals surface area contributed by atoms with Gasteiger partial charge in [-0.2, -0.15) is 0 Å². The Morgan fingerprint density at radius 1 is 1.12 bits per heavy atom. The number of nitrogens with one attached hydrogen (secondary N) is 1. The van der Waals surface area contributed by atoms with E-state index in [0.717, 1.165) is 6.42 Å². The molecule has 9 nitrogen and oxygen atoms in total. The van der Waals surface area contributed by atoms with Gasteiger partial charge in [0.2, 0.25) is 0 Å². The van der Waals surface area contributed by atoms with Crippen molar-refractivity contribution in [2.75, 3.05) is 27.2 Å². The molecule has 1 fully saturated rings. The number of carbonyl (C=O) groups excluding carboxylic acids is 3. The van der Waals surface area contributed by atoms with Crippen LogP contribution in [0.15, 0.2) is 42.6 Å². The molecule has 40 heavy (non-hydrogen) atoms. The molecule has 0 bridgehead atoms. The minimum Gasteiger partial charge on any atom is -0.496 e. The molecule has 1 saturated heterocycles. The van der Waals surface area contributed by atoms with Gasteiger partial charge >= 0.3 is 6.09 Å². The molecule has 1 N–H and O–H groups in total. The maximum absolute atomic E-state index is 12.8. The molecule has 0 spiro atoms. The highest BCUT2D eigenvalue weighted by Gasteiger charge is 2.31. The lowest BCUT2D eigenvalue weighted by Gasteiger charge is -2.24. The number of aromatic nitrogens is 1. The van der Waals surface area contributed by atoms with E-state index in [1.54, 1.807) is 54.5 Å². The molecule has 1 aromatic heterocycles. The maximum atomic E-state index is 12.8. The Balaban J connectivity index is 1.42. The molecule has 2 amide bonds. The molecule has 10 heteroatoms. The van der Waals surface area contributed by atoms with Crippen molar-refractivity contribution in [2.24, 2.45) is 5.92 Å². The largest absolute Gasteiger partial charge is 0.496 e. The highest BCUT2D eigenvalue weighted by atomic mass is 35.5. The van der Waals surface area contributed by atoms with E-state index >= 15 is 0 Å². The topological polar surface area (TPSA) is 107 Å². The van der Waals surface area contributed by atoms with Crippen molar-refractivity contribution in [1.29, 1.82) is 0 Å². The molecule has 4 rings (SSSR count). The Labute approximate surface area is 238 Å². The normalized spacial score (nSPS) is 15.2. The minimum absolute atomic E-state index is 0.0578. The second-order valence-electron chi connectivity index (χ2n) is 10.8. The first-order valence-electron chi connectivity index (χ1n) is 13.1. The lowest BCUT2D eigenvalue weighted by molar-refractivity contribution is -0.119. The third-order valence-electron chi connectivity index (χ3n) is 6.59. The van der Waals surface area contributed by atoms with Crippen LogP contribution in [0, 0.1) is 5.92 Å². The number of ketones is 1. The molecule has 212 valence electrons. The molecule has 0 aliphatic carbocycles. The van der Waals surface area contributed by atoms with Crippen molar-refractivity contribution in [3.63, 3.8) is 0 Å². The average Bonchev–Trinajstić information content (AvgIpc) is 3.37. The van der Waals surface area contributed by atoms with E-state index in [1.807, 2.05) is 20.8 Å². The number of carbonyl (C=O) groups is 3. The Hall–Kier alpha value is -3.85. The van der Waals surface area contributed by atoms with Crippen LogP contribution >= 0.6 is 11.6 Å². The van der Waals surface area contributed by atoms with Crippen LogP contribution in [0.3, 0.4) is 0 Å². The zero-order chi connectivity index (χ0) is 29.0. The van der Waals surface area contributed by atoms with E-state index in [0.29, 0.717) is 63.8 Å². The average molecular weight is 568 g/mol. The summed E-state index contributed by atoms with van der Waals surface area (Å²) in [6.45, 7) is 6.60. The summed E-state index contributed by atoms with van der Waals surface area (Å²) in [6.07, 6.45) is 2.59. The van der Waals surface area contributed by atoms with E-state index in [-0.39, 0.29) is 30.1 Å². The van der Waals surface area contributed by atoms with Crippen LogP contribution in [0.1, 0.15) is 49.5 Å². The van der Waals surface area contributed by atoms with Gasteiger partial charge < -0.3 is 24.4 Å². The third kappa shape index (κ3) is 7.01. The highest BCUT2D eigenvalue weighted by Crippen LogP contribution is 2.35. The first kappa shape index (κ1) is 29.1. The van der Waals surface area contributed by atoms with Crippen molar-refractivity contribution < 1.29 is 28.6 Å². The van der Waals surface area contributed by atoms with Crippen molar-refractivity contribution >= 4 is 40.3 Å². The number of pyridine rings is 1. The van der Waals surface area contributed by atoms with Gasteiger partial charge in [0.25, 0.3) is 5.91 Å². The molecule has 0 radical (unpaired) electrons. The van der Waals surface area contributed by atoms with E-state index in [9.17, 15) is 14.4 Å². The van der Waals surface area contributed by atoms with Gasteiger partial charge in [0.1, 0.15) is 28.6 Å². The number of nitrogens with zero attached hydrogens (tertiary/aromatic N) is 2. The van der Waals surface area contributed by atoms with Crippen LogP contribution in [0.5, 0.6) is 17.2 Å². The number of fused-ring (bicyclic) bond motifs is 1. The van der Waals surface area contributed by atoms with Gasteiger partial charge in [-0.25, -0.2) is 4.79 Å². The SMILES string of the molecule is CNC(=O)c1cc2c(Oc3ccc(CC(=O)CC4CCN(C(=O)OC(C)(C)C)C4)c(Cl)c3)ccnc2cc1OC. The molecule has 1 aliphatic rings. The predicted molar refractivity (Wildman–Crippen MR) is 152 cm³/mol. The molecular weight excluding hydrogens is 534 g/mol. The van der Waals surface area contributed by atoms with Crippen molar-refractivity contribution in [3.8, 4) is 17.2 Å². The molecule has 3 aromatic rings. The van der Waals surface area contributed by atoms with Crippen molar-refractivity contribution in [1.82, 2.24) is 15.2 Å². The van der Waals surface area contributed by atoms with Crippen LogP contribution in [0.2, 0.25) is 5.02 Å². The number of hydrogen-bond acceptors (Lipinski definition) is 7. The van der Waals surface area contributed by atoms with E-state index in [4.69, 9.17) is 25.8 Å². The summed E-state index contributed by atoms with van der Waals surface area (Å²) >= 11 is 6.54. The van der Waals surface area contributed by atoms with Crippen LogP contribution in [-0.2, 0) is 16.0 Å². The fourth-order valence-corrected chi connectivity index (χ4v) is 4.92. The standard InChI is InChI=1S/C30H34ClN3O6/c1-30(2,3)40-29(37)34-11-9-18(17-34)12-20(35)13-19-6-7-21(14-24(19)31)39-26-8-10-33-25-16-27(38-5)23(15-22(25)26)28(36)32-4/h6-8,10,14-16,18H,9,11-13,17H2,1-5H3,(H,32,36). The Morgan fingerprint density at radius 3 is 2.58 bits per heavy atom. The summed E-state index contributed by atoms with van der Waals surface area (Å²) in [7, 11) is 3.04. The second-order valence-corrected chi connectivity index (χ2v) is 11.2. The van der Waals surface area contributed by atoms with Crippen LogP contribution < -0.4 is 14.8 Å². The summed E-state index contributed by atoms with van der Waals surface area (Å²) in [5.74, 6) is 1.25. The number of likely N-dealkylation sites (tertiary alicyclic amines) is 1. The number of hydrogen-bond donors (Lipinski definition) is 1. The molecule has 1 unspecified atom stereocenters. The van der Waals surface area contributed by atoms with E-state index in [2.05, 4.69) is 10.3 Å². The third-order valence-corrected chi connectivity index (χ3v) is 6.94. The monoisotopic (exact) mass is 567 g/mol. The molecular formula is C30H34ClN3O6. The fourth-order valence-electron chi connectivity index (χ4n) is 4.68. The lowest BCUT2D eigenvalue weighted by Crippen LogP contribution is -2.35. The molecule has 2 aromatic carbocycles. The Kier molecular flexibility index (Phi) is 8.83. The summed E-state index contributed by atoms with van der Waals surface area (Å²) in [4.78, 5) is 43.5. The number of benzene rings is 2. The van der Waals surface area contributed by atoms with Gasteiger partial charge in [-0.3, -0.25) is 14.6 Å². The molecule has 1 aliphatic heterocycles. The Morgan fingerprint density at radius 2 is 1.90 bits per heavy atom. The Bertz CT molecular complexity index is 1430. The molecule has 0 saturated carbocycles. The van der Waals surface area contributed by atoms with Crippen LogP contribution in [-0.4, -0.2) is 60.5 Å². The van der Waals surface area contributed by atoms with Gasteiger partial charge in [-0.15, -0.1) is 0 Å². The minimum atomic E-state index is -0.551. The van der Waals surface area contributed by atoms with Crippen LogP contribution in [0.25, 0.3) is 10.9 Å². The number of Topliss-reactive ketones (excluding diaryl/α,β-unsaturated/α-hetero) is 1. The zero-order valence-corrected chi connectivity index (χ0v) is 24.1. The van der Waals surface area contributed by atoms with Gasteiger partial charge in [-0.1, -0.05) is 17.7 Å². The number of rotatable bonds is 8. The van der Waals surface area contributed by atoms with Crippen molar-refractivity contribution in [2.45, 2.75) is 45.6 Å². The first-order chi connectivity index (χ1) is 19.0.